The molecule has 7 heteroatoms. The van der Waals surface area contributed by atoms with E-state index in [9.17, 15) is 20.0 Å². The second-order valence-electron chi connectivity index (χ2n) is 6.46. The van der Waals surface area contributed by atoms with Crippen LogP contribution >= 0.6 is 11.3 Å². The van der Waals surface area contributed by atoms with Gasteiger partial charge in [-0.05, 0) is 49.6 Å². The van der Waals surface area contributed by atoms with E-state index in [2.05, 4.69) is 17.9 Å². The van der Waals surface area contributed by atoms with Gasteiger partial charge < -0.3 is 5.11 Å². The molecule has 1 aromatic heterocycles. The van der Waals surface area contributed by atoms with Crippen molar-refractivity contribution in [1.29, 1.82) is 0 Å². The van der Waals surface area contributed by atoms with Crippen LogP contribution in [0.5, 0.6) is 0 Å². The first kappa shape index (κ1) is 17.6. The van der Waals surface area contributed by atoms with Crippen molar-refractivity contribution in [2.75, 3.05) is 6.54 Å². The van der Waals surface area contributed by atoms with E-state index >= 15 is 0 Å². The van der Waals surface area contributed by atoms with Crippen LogP contribution in [-0.4, -0.2) is 33.5 Å². The molecule has 1 N–H and O–H groups in total. The predicted molar refractivity (Wildman–Crippen MR) is 96.6 cm³/mol. The highest BCUT2D eigenvalue weighted by Crippen LogP contribution is 2.32. The maximum absolute atomic E-state index is 11.3. The highest BCUT2D eigenvalue weighted by Gasteiger charge is 2.29. The molecule has 3 rings (SSSR count). The molecule has 1 aromatic carbocycles. The van der Waals surface area contributed by atoms with Gasteiger partial charge in [-0.3, -0.25) is 19.8 Å². The van der Waals surface area contributed by atoms with Gasteiger partial charge >= 0.3 is 5.97 Å². The van der Waals surface area contributed by atoms with Gasteiger partial charge in [-0.15, -0.1) is 11.3 Å². The van der Waals surface area contributed by atoms with E-state index in [1.807, 2.05) is 6.07 Å². The summed E-state index contributed by atoms with van der Waals surface area (Å²) in [6, 6.07) is 11.0. The number of carboxylic acids is 1. The third kappa shape index (κ3) is 4.05. The standard InChI is InChI=1S/C18H20N2O4S/c1-12-2-3-14(18(21)22)10-19(12)11-16-8-9-17(25-16)13-4-6-15(7-5-13)20(23)24/h4-9,12,14H,2-3,10-11H2,1H3,(H,21,22). The highest BCUT2D eigenvalue weighted by atomic mass is 32.1. The number of hydrogen-bond donors (Lipinski definition) is 1. The van der Waals surface area contributed by atoms with E-state index in [0.717, 1.165) is 29.8 Å². The van der Waals surface area contributed by atoms with Gasteiger partial charge in [0.15, 0.2) is 0 Å². The SMILES string of the molecule is CC1CCC(C(=O)O)CN1Cc1ccc(-c2ccc([N+](=O)[O-])cc2)s1. The van der Waals surface area contributed by atoms with Crippen molar-refractivity contribution < 1.29 is 14.8 Å². The molecule has 6 nitrogen and oxygen atoms in total. The Kier molecular flexibility index (Phi) is 5.15. The van der Waals surface area contributed by atoms with Crippen LogP contribution in [0.2, 0.25) is 0 Å². The average Bonchev–Trinajstić information content (AvgIpc) is 3.05. The number of likely N-dealkylation sites (tertiary alicyclic amines) is 1. The fourth-order valence-electron chi connectivity index (χ4n) is 3.17. The van der Waals surface area contributed by atoms with Crippen molar-refractivity contribution in [3.05, 3.63) is 51.4 Å². The third-order valence-corrected chi connectivity index (χ3v) is 5.86. The Labute approximate surface area is 149 Å². The van der Waals surface area contributed by atoms with Gasteiger partial charge in [-0.25, -0.2) is 0 Å². The smallest absolute Gasteiger partial charge is 0.307 e. The molecule has 0 spiro atoms. The fourth-order valence-corrected chi connectivity index (χ4v) is 4.21. The topological polar surface area (TPSA) is 83.7 Å². The van der Waals surface area contributed by atoms with Crippen molar-refractivity contribution in [3.8, 4) is 10.4 Å². The number of benzene rings is 1. The summed E-state index contributed by atoms with van der Waals surface area (Å²) in [5.74, 6) is -1.00. The Morgan fingerprint density at radius 1 is 1.28 bits per heavy atom. The second kappa shape index (κ2) is 7.33. The van der Waals surface area contributed by atoms with Crippen LogP contribution in [0.1, 0.15) is 24.6 Å². The van der Waals surface area contributed by atoms with E-state index in [1.54, 1.807) is 23.5 Å². The van der Waals surface area contributed by atoms with Crippen LogP contribution in [0.25, 0.3) is 10.4 Å². The molecule has 1 aliphatic rings. The monoisotopic (exact) mass is 360 g/mol. The van der Waals surface area contributed by atoms with E-state index in [0.29, 0.717) is 12.6 Å². The van der Waals surface area contributed by atoms with Gasteiger partial charge in [0.05, 0.1) is 10.8 Å². The first-order chi connectivity index (χ1) is 11.9. The number of thiophene rings is 1. The van der Waals surface area contributed by atoms with Gasteiger partial charge in [0, 0.05) is 41.0 Å². The number of hydrogen-bond acceptors (Lipinski definition) is 5. The molecular formula is C18H20N2O4S. The quantitative estimate of drug-likeness (QED) is 0.643. The highest BCUT2D eigenvalue weighted by molar-refractivity contribution is 7.15. The minimum Gasteiger partial charge on any atom is -0.481 e. The molecule has 1 saturated heterocycles. The number of aliphatic carboxylic acids is 1. The molecule has 1 aliphatic heterocycles. The Morgan fingerprint density at radius 3 is 2.64 bits per heavy atom. The Balaban J connectivity index is 1.70. The van der Waals surface area contributed by atoms with E-state index in [1.165, 1.54) is 17.0 Å². The summed E-state index contributed by atoms with van der Waals surface area (Å²) in [7, 11) is 0. The van der Waals surface area contributed by atoms with Crippen LogP contribution in [0.15, 0.2) is 36.4 Å². The summed E-state index contributed by atoms with van der Waals surface area (Å²) < 4.78 is 0. The molecule has 2 heterocycles. The molecule has 0 bridgehead atoms. The van der Waals surface area contributed by atoms with E-state index in [-0.39, 0.29) is 11.6 Å². The molecule has 1 fully saturated rings. The second-order valence-corrected chi connectivity index (χ2v) is 7.63. The molecule has 0 radical (unpaired) electrons. The summed E-state index contributed by atoms with van der Waals surface area (Å²) in [5, 5.41) is 20.0. The zero-order valence-corrected chi connectivity index (χ0v) is 14.7. The molecule has 0 aliphatic carbocycles. The summed E-state index contributed by atoms with van der Waals surface area (Å²) in [5.41, 5.74) is 1.04. The number of nitro benzene ring substituents is 1. The number of piperidine rings is 1. The number of carbonyl (C=O) groups is 1. The molecule has 2 aromatic rings. The van der Waals surface area contributed by atoms with E-state index in [4.69, 9.17) is 0 Å². The minimum atomic E-state index is -0.713. The zero-order chi connectivity index (χ0) is 18.0. The van der Waals surface area contributed by atoms with Crippen LogP contribution in [0.3, 0.4) is 0 Å². The Hall–Kier alpha value is -2.25. The van der Waals surface area contributed by atoms with Crippen molar-refractivity contribution in [2.45, 2.75) is 32.4 Å². The summed E-state index contributed by atoms with van der Waals surface area (Å²) in [6.07, 6.45) is 1.64. The van der Waals surface area contributed by atoms with Crippen LogP contribution in [-0.2, 0) is 11.3 Å². The molecule has 2 unspecified atom stereocenters. The molecule has 0 saturated carbocycles. The number of nitro groups is 1. The molecule has 25 heavy (non-hydrogen) atoms. The van der Waals surface area contributed by atoms with Gasteiger partial charge in [-0.1, -0.05) is 0 Å². The number of non-ortho nitro benzene ring substituents is 1. The fraction of sp³-hybridized carbons (Fsp3) is 0.389. The lowest BCUT2D eigenvalue weighted by molar-refractivity contribution is -0.384. The number of carboxylic acid groups (broad SMARTS) is 1. The normalized spacial score (nSPS) is 21.2. The predicted octanol–water partition coefficient (Wildman–Crippen LogP) is 4.01. The first-order valence-corrected chi connectivity index (χ1v) is 9.06. The molecular weight excluding hydrogens is 340 g/mol. The first-order valence-electron chi connectivity index (χ1n) is 8.24. The lowest BCUT2D eigenvalue weighted by Crippen LogP contribution is -2.43. The van der Waals surface area contributed by atoms with Crippen molar-refractivity contribution in [1.82, 2.24) is 4.90 Å². The lowest BCUT2D eigenvalue weighted by Gasteiger charge is -2.36. The van der Waals surface area contributed by atoms with Gasteiger partial charge in [0.1, 0.15) is 0 Å². The van der Waals surface area contributed by atoms with Crippen molar-refractivity contribution in [2.24, 2.45) is 5.92 Å². The van der Waals surface area contributed by atoms with Gasteiger partial charge in [0.2, 0.25) is 0 Å². The molecule has 132 valence electrons. The number of rotatable bonds is 5. The van der Waals surface area contributed by atoms with E-state index < -0.39 is 10.9 Å². The average molecular weight is 360 g/mol. The summed E-state index contributed by atoms with van der Waals surface area (Å²) >= 11 is 1.65. The van der Waals surface area contributed by atoms with Crippen molar-refractivity contribution >= 4 is 23.0 Å². The van der Waals surface area contributed by atoms with Crippen molar-refractivity contribution in [3.63, 3.8) is 0 Å². The van der Waals surface area contributed by atoms with Gasteiger partial charge in [-0.2, -0.15) is 0 Å². The maximum atomic E-state index is 11.3. The van der Waals surface area contributed by atoms with Crippen LogP contribution in [0.4, 0.5) is 5.69 Å². The summed E-state index contributed by atoms with van der Waals surface area (Å²) in [4.78, 5) is 26.1. The molecule has 2 atom stereocenters. The van der Waals surface area contributed by atoms with Crippen LogP contribution in [0, 0.1) is 16.0 Å². The Morgan fingerprint density at radius 2 is 2.00 bits per heavy atom. The van der Waals surface area contributed by atoms with Gasteiger partial charge in [0.25, 0.3) is 5.69 Å². The zero-order valence-electron chi connectivity index (χ0n) is 13.9. The minimum absolute atomic E-state index is 0.0855. The largest absolute Gasteiger partial charge is 0.481 e. The lowest BCUT2D eigenvalue weighted by atomic mass is 9.93. The Bertz CT molecular complexity index is 772. The maximum Gasteiger partial charge on any atom is 0.307 e. The molecule has 0 amide bonds. The van der Waals surface area contributed by atoms with Crippen LogP contribution < -0.4 is 0 Å². The third-order valence-electron chi connectivity index (χ3n) is 4.74. The number of nitrogens with zero attached hydrogens (tertiary/aromatic N) is 2. The summed E-state index contributed by atoms with van der Waals surface area (Å²) in [6.45, 7) is 3.47.